The Labute approximate surface area is 79.8 Å². The van der Waals surface area contributed by atoms with Crippen LogP contribution in [0.1, 0.15) is 33.1 Å². The maximum absolute atomic E-state index is 5.66. The van der Waals surface area contributed by atoms with Crippen LogP contribution in [0.15, 0.2) is 4.99 Å². The number of nitrogens with zero attached hydrogens (tertiary/aromatic N) is 1. The predicted octanol–water partition coefficient (Wildman–Crippen LogP) is 1.10. The van der Waals surface area contributed by atoms with Gasteiger partial charge in [-0.2, -0.15) is 0 Å². The number of hydrogen-bond donors (Lipinski definition) is 2. The predicted molar refractivity (Wildman–Crippen MR) is 54.5 cm³/mol. The number of rotatable bonds is 0. The molecule has 1 fully saturated rings. The molecule has 3 nitrogen and oxygen atoms in total. The van der Waals surface area contributed by atoms with Gasteiger partial charge in [-0.25, -0.2) is 0 Å². The van der Waals surface area contributed by atoms with Crippen LogP contribution in [0.3, 0.4) is 0 Å². The lowest BCUT2D eigenvalue weighted by Crippen LogP contribution is -2.51. The molecule has 0 saturated heterocycles. The average molecular weight is 181 g/mol. The minimum absolute atomic E-state index is 0.218. The molecule has 2 rings (SSSR count). The van der Waals surface area contributed by atoms with Crippen molar-refractivity contribution in [2.24, 2.45) is 22.6 Å². The molecule has 0 aromatic heterocycles. The smallest absolute Gasteiger partial charge is 0.189 e. The second kappa shape index (κ2) is 2.89. The topological polar surface area (TPSA) is 50.4 Å². The Morgan fingerprint density at radius 3 is 2.77 bits per heavy atom. The number of nitrogens with one attached hydrogen (secondary N) is 1. The van der Waals surface area contributed by atoms with E-state index in [2.05, 4.69) is 24.2 Å². The maximum atomic E-state index is 5.66. The van der Waals surface area contributed by atoms with Gasteiger partial charge < -0.3 is 11.1 Å². The van der Waals surface area contributed by atoms with Crippen molar-refractivity contribution in [3.63, 3.8) is 0 Å². The highest BCUT2D eigenvalue weighted by molar-refractivity contribution is 5.80. The third-order valence-electron chi connectivity index (χ3n) is 3.71. The van der Waals surface area contributed by atoms with E-state index >= 15 is 0 Å². The van der Waals surface area contributed by atoms with Crippen molar-refractivity contribution in [2.45, 2.75) is 38.6 Å². The fourth-order valence-corrected chi connectivity index (χ4v) is 2.55. The zero-order chi connectivity index (χ0) is 9.47. The van der Waals surface area contributed by atoms with E-state index in [-0.39, 0.29) is 5.54 Å². The minimum atomic E-state index is 0.218. The van der Waals surface area contributed by atoms with Gasteiger partial charge in [-0.15, -0.1) is 0 Å². The van der Waals surface area contributed by atoms with Gasteiger partial charge in [0, 0.05) is 0 Å². The van der Waals surface area contributed by atoms with Gasteiger partial charge in [-0.1, -0.05) is 13.8 Å². The van der Waals surface area contributed by atoms with Crippen LogP contribution >= 0.6 is 0 Å². The summed E-state index contributed by atoms with van der Waals surface area (Å²) in [6.45, 7) is 5.56. The molecule has 2 aliphatic rings. The first-order valence-corrected chi connectivity index (χ1v) is 5.19. The van der Waals surface area contributed by atoms with Crippen molar-refractivity contribution in [2.75, 3.05) is 6.54 Å². The lowest BCUT2D eigenvalue weighted by molar-refractivity contribution is 0.172. The normalized spacial score (nSPS) is 44.6. The quantitative estimate of drug-likeness (QED) is 0.588. The van der Waals surface area contributed by atoms with Crippen molar-refractivity contribution < 1.29 is 0 Å². The van der Waals surface area contributed by atoms with Crippen molar-refractivity contribution in [1.82, 2.24) is 5.32 Å². The van der Waals surface area contributed by atoms with Crippen molar-refractivity contribution in [3.8, 4) is 0 Å². The summed E-state index contributed by atoms with van der Waals surface area (Å²) in [6.07, 6.45) is 3.75. The van der Waals surface area contributed by atoms with Gasteiger partial charge >= 0.3 is 0 Å². The van der Waals surface area contributed by atoms with Crippen LogP contribution in [0.25, 0.3) is 0 Å². The third-order valence-corrected chi connectivity index (χ3v) is 3.71. The highest BCUT2D eigenvalue weighted by Crippen LogP contribution is 2.37. The minimum Gasteiger partial charge on any atom is -0.370 e. The first-order valence-electron chi connectivity index (χ1n) is 5.19. The third kappa shape index (κ3) is 1.52. The second-order valence-corrected chi connectivity index (χ2v) is 4.80. The van der Waals surface area contributed by atoms with Gasteiger partial charge in [-0.05, 0) is 31.1 Å². The lowest BCUT2D eigenvalue weighted by Gasteiger charge is -2.40. The van der Waals surface area contributed by atoms with Crippen LogP contribution in [0, 0.1) is 11.8 Å². The van der Waals surface area contributed by atoms with E-state index < -0.39 is 0 Å². The summed E-state index contributed by atoms with van der Waals surface area (Å²) in [4.78, 5) is 4.26. The van der Waals surface area contributed by atoms with E-state index in [1.54, 1.807) is 0 Å². The summed E-state index contributed by atoms with van der Waals surface area (Å²) in [5.41, 5.74) is 5.88. The maximum Gasteiger partial charge on any atom is 0.189 e. The zero-order valence-electron chi connectivity index (χ0n) is 8.51. The molecule has 3 unspecified atom stereocenters. The molecule has 74 valence electrons. The first kappa shape index (κ1) is 8.85. The number of guanidine groups is 1. The van der Waals surface area contributed by atoms with Gasteiger partial charge in [0.15, 0.2) is 5.96 Å². The molecule has 0 radical (unpaired) electrons. The van der Waals surface area contributed by atoms with Gasteiger partial charge in [-0.3, -0.25) is 4.99 Å². The molecule has 0 aromatic carbocycles. The number of nitrogens with two attached hydrogens (primary N) is 1. The molecule has 0 amide bonds. The Bertz CT molecular complexity index is 236. The van der Waals surface area contributed by atoms with Crippen LogP contribution in [-0.2, 0) is 0 Å². The molecular weight excluding hydrogens is 162 g/mol. The van der Waals surface area contributed by atoms with Gasteiger partial charge in [0.05, 0.1) is 12.1 Å². The second-order valence-electron chi connectivity index (χ2n) is 4.80. The Morgan fingerprint density at radius 2 is 2.23 bits per heavy atom. The lowest BCUT2D eigenvalue weighted by atomic mass is 9.71. The molecule has 1 aliphatic carbocycles. The average Bonchev–Trinajstić information content (AvgIpc) is 2.42. The van der Waals surface area contributed by atoms with Gasteiger partial charge in [0.1, 0.15) is 0 Å². The summed E-state index contributed by atoms with van der Waals surface area (Å²) in [5, 5.41) is 3.35. The highest BCUT2D eigenvalue weighted by Gasteiger charge is 2.40. The van der Waals surface area contributed by atoms with Crippen LogP contribution in [0.5, 0.6) is 0 Å². The van der Waals surface area contributed by atoms with E-state index in [4.69, 9.17) is 5.73 Å². The SMILES string of the molecule is CC1CCC2(CN=C(N)N2)CC1C. The summed E-state index contributed by atoms with van der Waals surface area (Å²) in [6, 6.07) is 0. The van der Waals surface area contributed by atoms with Crippen LogP contribution in [0.2, 0.25) is 0 Å². The number of hydrogen-bond acceptors (Lipinski definition) is 3. The van der Waals surface area contributed by atoms with E-state index in [0.29, 0.717) is 5.96 Å². The van der Waals surface area contributed by atoms with Crippen molar-refractivity contribution in [3.05, 3.63) is 0 Å². The monoisotopic (exact) mass is 181 g/mol. The standard InChI is InChI=1S/C10H19N3/c1-7-3-4-10(5-8(7)2)6-12-9(11)13-10/h7-8H,3-6H2,1-2H3,(H3,11,12,13). The molecule has 13 heavy (non-hydrogen) atoms. The first-order chi connectivity index (χ1) is 6.11. The molecule has 3 heteroatoms. The molecule has 1 saturated carbocycles. The van der Waals surface area contributed by atoms with Crippen LogP contribution < -0.4 is 11.1 Å². The number of aliphatic imine (C=N–C) groups is 1. The largest absolute Gasteiger partial charge is 0.370 e. The molecule has 3 atom stereocenters. The fourth-order valence-electron chi connectivity index (χ4n) is 2.55. The van der Waals surface area contributed by atoms with Crippen molar-refractivity contribution in [1.29, 1.82) is 0 Å². The molecule has 0 aromatic rings. The summed E-state index contributed by atoms with van der Waals surface area (Å²) < 4.78 is 0. The van der Waals surface area contributed by atoms with E-state index in [9.17, 15) is 0 Å². The summed E-state index contributed by atoms with van der Waals surface area (Å²) >= 11 is 0. The molecule has 0 bridgehead atoms. The van der Waals surface area contributed by atoms with E-state index in [1.807, 2.05) is 0 Å². The van der Waals surface area contributed by atoms with E-state index in [0.717, 1.165) is 18.4 Å². The summed E-state index contributed by atoms with van der Waals surface area (Å²) in [5.74, 6) is 2.29. The zero-order valence-corrected chi connectivity index (χ0v) is 8.51. The summed E-state index contributed by atoms with van der Waals surface area (Å²) in [7, 11) is 0. The molecular formula is C10H19N3. The fraction of sp³-hybridized carbons (Fsp3) is 0.900. The molecule has 3 N–H and O–H groups in total. The molecule has 1 heterocycles. The Morgan fingerprint density at radius 1 is 1.46 bits per heavy atom. The van der Waals surface area contributed by atoms with Crippen LogP contribution in [0.4, 0.5) is 0 Å². The Hall–Kier alpha value is -0.730. The Kier molecular flexibility index (Phi) is 1.97. The highest BCUT2D eigenvalue weighted by atomic mass is 15.2. The van der Waals surface area contributed by atoms with Crippen molar-refractivity contribution >= 4 is 5.96 Å². The molecule has 1 aliphatic heterocycles. The molecule has 1 spiro atoms. The Balaban J connectivity index is 2.03. The van der Waals surface area contributed by atoms with Gasteiger partial charge in [0.2, 0.25) is 0 Å². The van der Waals surface area contributed by atoms with Crippen LogP contribution in [-0.4, -0.2) is 18.0 Å². The van der Waals surface area contributed by atoms with E-state index in [1.165, 1.54) is 19.3 Å². The van der Waals surface area contributed by atoms with Gasteiger partial charge in [0.25, 0.3) is 0 Å².